The van der Waals surface area contributed by atoms with Crippen LogP contribution in [0.3, 0.4) is 0 Å². The first-order valence-electron chi connectivity index (χ1n) is 5.35. The highest BCUT2D eigenvalue weighted by Crippen LogP contribution is 2.22. The Morgan fingerprint density at radius 1 is 1.31 bits per heavy atom. The van der Waals surface area contributed by atoms with Gasteiger partial charge in [-0.1, -0.05) is 42.1 Å². The molecule has 0 saturated carbocycles. The molecule has 0 aliphatic rings. The van der Waals surface area contributed by atoms with Crippen molar-refractivity contribution in [3.63, 3.8) is 0 Å². The van der Waals surface area contributed by atoms with Crippen molar-refractivity contribution in [1.29, 1.82) is 0 Å². The summed E-state index contributed by atoms with van der Waals surface area (Å²) in [7, 11) is 0. The van der Waals surface area contributed by atoms with E-state index in [0.29, 0.717) is 0 Å². The predicted octanol–water partition coefficient (Wildman–Crippen LogP) is 4.59. The lowest BCUT2D eigenvalue weighted by molar-refractivity contribution is 0.572. The normalized spacial score (nSPS) is 12.0. The monoisotopic (exact) mass is 309 g/mol. The van der Waals surface area contributed by atoms with Crippen LogP contribution in [0, 0.1) is 5.82 Å². The summed E-state index contributed by atoms with van der Waals surface area (Å²) in [6.07, 6.45) is 4.39. The standard InChI is InChI=1S/C12H17BrFN.ClH/c1-2-3-4-5-12(15)9-6-10(13)8-11(14)7-9;/h6-8,12H,2-5,15H2,1H3;1H/t12-;/m1./s1. The molecule has 0 unspecified atom stereocenters. The van der Waals surface area contributed by atoms with Crippen LogP contribution in [-0.2, 0) is 0 Å². The fourth-order valence-electron chi connectivity index (χ4n) is 1.57. The molecule has 2 N–H and O–H groups in total. The van der Waals surface area contributed by atoms with Crippen LogP contribution in [0.5, 0.6) is 0 Å². The summed E-state index contributed by atoms with van der Waals surface area (Å²) >= 11 is 3.27. The van der Waals surface area contributed by atoms with Crippen LogP contribution in [0.1, 0.15) is 44.2 Å². The molecule has 0 aromatic heterocycles. The highest BCUT2D eigenvalue weighted by atomic mass is 79.9. The molecule has 1 aromatic carbocycles. The lowest BCUT2D eigenvalue weighted by atomic mass is 10.0. The third-order valence-electron chi connectivity index (χ3n) is 2.43. The minimum atomic E-state index is -0.231. The van der Waals surface area contributed by atoms with Gasteiger partial charge in [0.05, 0.1) is 0 Å². The highest BCUT2D eigenvalue weighted by Gasteiger charge is 2.07. The smallest absolute Gasteiger partial charge is 0.124 e. The van der Waals surface area contributed by atoms with Crippen LogP contribution in [-0.4, -0.2) is 0 Å². The molecule has 16 heavy (non-hydrogen) atoms. The van der Waals surface area contributed by atoms with Gasteiger partial charge >= 0.3 is 0 Å². The van der Waals surface area contributed by atoms with Crippen LogP contribution in [0.15, 0.2) is 22.7 Å². The molecule has 0 heterocycles. The topological polar surface area (TPSA) is 26.0 Å². The SMILES string of the molecule is CCCCC[C@@H](N)c1cc(F)cc(Br)c1.Cl. The fourth-order valence-corrected chi connectivity index (χ4v) is 2.05. The maximum absolute atomic E-state index is 13.1. The fraction of sp³-hybridized carbons (Fsp3) is 0.500. The number of hydrogen-bond donors (Lipinski definition) is 1. The number of benzene rings is 1. The molecule has 0 amide bonds. The minimum absolute atomic E-state index is 0. The van der Waals surface area contributed by atoms with Crippen molar-refractivity contribution in [3.05, 3.63) is 34.1 Å². The average molecular weight is 311 g/mol. The first kappa shape index (κ1) is 15.9. The Morgan fingerprint density at radius 2 is 2.00 bits per heavy atom. The maximum Gasteiger partial charge on any atom is 0.124 e. The Morgan fingerprint density at radius 3 is 2.56 bits per heavy atom. The van der Waals surface area contributed by atoms with Gasteiger partial charge in [0.2, 0.25) is 0 Å². The Hall–Kier alpha value is -0.120. The second-order valence-electron chi connectivity index (χ2n) is 3.81. The number of halogens is 3. The van der Waals surface area contributed by atoms with E-state index in [1.807, 2.05) is 6.07 Å². The molecule has 0 aliphatic heterocycles. The van der Waals surface area contributed by atoms with Gasteiger partial charge in [-0.25, -0.2) is 4.39 Å². The van der Waals surface area contributed by atoms with Gasteiger partial charge in [-0.3, -0.25) is 0 Å². The van der Waals surface area contributed by atoms with Crippen LogP contribution >= 0.6 is 28.3 Å². The van der Waals surface area contributed by atoms with Crippen molar-refractivity contribution in [1.82, 2.24) is 0 Å². The molecule has 92 valence electrons. The quantitative estimate of drug-likeness (QED) is 0.791. The molecule has 0 radical (unpaired) electrons. The molecular formula is C12H18BrClFN. The Balaban J connectivity index is 0.00000225. The van der Waals surface area contributed by atoms with E-state index >= 15 is 0 Å². The predicted molar refractivity (Wildman–Crippen MR) is 72.4 cm³/mol. The second-order valence-corrected chi connectivity index (χ2v) is 4.72. The first-order chi connectivity index (χ1) is 7.13. The molecule has 1 rings (SSSR count). The van der Waals surface area contributed by atoms with Crippen molar-refractivity contribution >= 4 is 28.3 Å². The zero-order valence-corrected chi connectivity index (χ0v) is 11.8. The third kappa shape index (κ3) is 5.28. The van der Waals surface area contributed by atoms with Gasteiger partial charge in [-0.2, -0.15) is 0 Å². The van der Waals surface area contributed by atoms with Gasteiger partial charge in [0.25, 0.3) is 0 Å². The lowest BCUT2D eigenvalue weighted by Gasteiger charge is -2.12. The molecular weight excluding hydrogens is 292 g/mol. The van der Waals surface area contributed by atoms with E-state index in [1.165, 1.54) is 25.0 Å². The number of rotatable bonds is 5. The minimum Gasteiger partial charge on any atom is -0.324 e. The summed E-state index contributed by atoms with van der Waals surface area (Å²) in [6, 6.07) is 4.80. The summed E-state index contributed by atoms with van der Waals surface area (Å²) in [6.45, 7) is 2.16. The third-order valence-corrected chi connectivity index (χ3v) is 2.89. The Bertz CT molecular complexity index is 300. The second kappa shape index (κ2) is 8.04. The van der Waals surface area contributed by atoms with Crippen molar-refractivity contribution in [2.75, 3.05) is 0 Å². The molecule has 0 spiro atoms. The number of unbranched alkanes of at least 4 members (excludes halogenated alkanes) is 2. The summed E-state index contributed by atoms with van der Waals surface area (Å²) < 4.78 is 13.8. The van der Waals surface area contributed by atoms with Gasteiger partial charge in [0, 0.05) is 10.5 Å². The van der Waals surface area contributed by atoms with E-state index in [9.17, 15) is 4.39 Å². The molecule has 1 aromatic rings. The summed E-state index contributed by atoms with van der Waals surface area (Å²) in [5.74, 6) is -0.231. The van der Waals surface area contributed by atoms with Crippen LogP contribution in [0.4, 0.5) is 4.39 Å². The lowest BCUT2D eigenvalue weighted by Crippen LogP contribution is -2.10. The van der Waals surface area contributed by atoms with E-state index in [4.69, 9.17) is 5.73 Å². The molecule has 0 aliphatic carbocycles. The molecule has 0 saturated heterocycles. The summed E-state index contributed by atoms with van der Waals surface area (Å²) in [5, 5.41) is 0. The molecule has 1 atom stereocenters. The van der Waals surface area contributed by atoms with Crippen LogP contribution < -0.4 is 5.73 Å². The zero-order valence-electron chi connectivity index (χ0n) is 9.38. The van der Waals surface area contributed by atoms with Crippen molar-refractivity contribution in [3.8, 4) is 0 Å². The van der Waals surface area contributed by atoms with Gasteiger partial charge in [0.1, 0.15) is 5.82 Å². The van der Waals surface area contributed by atoms with E-state index < -0.39 is 0 Å². The molecule has 1 nitrogen and oxygen atoms in total. The summed E-state index contributed by atoms with van der Waals surface area (Å²) in [5.41, 5.74) is 6.86. The highest BCUT2D eigenvalue weighted by molar-refractivity contribution is 9.10. The van der Waals surface area contributed by atoms with E-state index in [0.717, 1.165) is 22.9 Å². The zero-order chi connectivity index (χ0) is 11.3. The van der Waals surface area contributed by atoms with Gasteiger partial charge < -0.3 is 5.73 Å². The van der Waals surface area contributed by atoms with Crippen molar-refractivity contribution < 1.29 is 4.39 Å². The molecule has 0 bridgehead atoms. The van der Waals surface area contributed by atoms with Gasteiger partial charge in [0.15, 0.2) is 0 Å². The maximum atomic E-state index is 13.1. The largest absolute Gasteiger partial charge is 0.324 e. The van der Waals surface area contributed by atoms with E-state index in [1.54, 1.807) is 0 Å². The van der Waals surface area contributed by atoms with E-state index in [-0.39, 0.29) is 24.3 Å². The summed E-state index contributed by atoms with van der Waals surface area (Å²) in [4.78, 5) is 0. The van der Waals surface area contributed by atoms with Crippen molar-refractivity contribution in [2.45, 2.75) is 38.6 Å². The first-order valence-corrected chi connectivity index (χ1v) is 6.14. The molecule has 4 heteroatoms. The van der Waals surface area contributed by atoms with Crippen LogP contribution in [0.2, 0.25) is 0 Å². The Kier molecular flexibility index (Phi) is 7.98. The Labute approximate surface area is 111 Å². The van der Waals surface area contributed by atoms with Crippen molar-refractivity contribution in [2.24, 2.45) is 5.73 Å². The molecule has 0 fully saturated rings. The van der Waals surface area contributed by atoms with E-state index in [2.05, 4.69) is 22.9 Å². The van der Waals surface area contributed by atoms with Gasteiger partial charge in [-0.15, -0.1) is 12.4 Å². The number of hydrogen-bond acceptors (Lipinski definition) is 1. The number of nitrogens with two attached hydrogens (primary N) is 1. The van der Waals surface area contributed by atoms with Crippen LogP contribution in [0.25, 0.3) is 0 Å². The van der Waals surface area contributed by atoms with Gasteiger partial charge in [-0.05, 0) is 30.2 Å². The average Bonchev–Trinajstić information content (AvgIpc) is 2.16.